The van der Waals surface area contributed by atoms with Gasteiger partial charge in [-0.15, -0.1) is 0 Å². The molecular formula is C13H20BrNS. The van der Waals surface area contributed by atoms with Crippen molar-refractivity contribution in [1.82, 2.24) is 4.90 Å². The summed E-state index contributed by atoms with van der Waals surface area (Å²) < 4.78 is 0. The van der Waals surface area contributed by atoms with Gasteiger partial charge in [0.2, 0.25) is 0 Å². The molecule has 1 fully saturated rings. The maximum absolute atomic E-state index is 3.83. The summed E-state index contributed by atoms with van der Waals surface area (Å²) in [4.78, 5) is 3.24. The summed E-state index contributed by atoms with van der Waals surface area (Å²) in [6.07, 6.45) is 6.68. The van der Waals surface area contributed by atoms with Crippen LogP contribution in [-0.4, -0.2) is 29.4 Å². The third-order valence-electron chi connectivity index (χ3n) is 3.55. The van der Waals surface area contributed by atoms with Gasteiger partial charge in [-0.2, -0.15) is 11.3 Å². The van der Waals surface area contributed by atoms with E-state index in [4.69, 9.17) is 0 Å². The highest BCUT2D eigenvalue weighted by Gasteiger charge is 2.25. The highest BCUT2D eigenvalue weighted by molar-refractivity contribution is 9.09. The number of nitrogens with zero attached hydrogens (tertiary/aromatic N) is 1. The first-order chi connectivity index (χ1) is 7.77. The minimum absolute atomic E-state index is 0.703. The van der Waals surface area contributed by atoms with Crippen LogP contribution in [0.1, 0.15) is 31.2 Å². The van der Waals surface area contributed by atoms with Gasteiger partial charge in [0.25, 0.3) is 0 Å². The summed E-state index contributed by atoms with van der Waals surface area (Å²) >= 11 is 5.63. The van der Waals surface area contributed by atoms with Crippen LogP contribution in [0, 0.1) is 0 Å². The summed E-state index contributed by atoms with van der Waals surface area (Å²) in [7, 11) is 2.27. The molecule has 1 aromatic rings. The van der Waals surface area contributed by atoms with Gasteiger partial charge in [-0.3, -0.25) is 0 Å². The molecule has 0 N–H and O–H groups in total. The summed E-state index contributed by atoms with van der Waals surface area (Å²) in [6, 6.07) is 2.98. The van der Waals surface area contributed by atoms with E-state index in [-0.39, 0.29) is 0 Å². The maximum Gasteiger partial charge on any atom is 0.0301 e. The van der Waals surface area contributed by atoms with Crippen molar-refractivity contribution >= 4 is 27.3 Å². The fraction of sp³-hybridized carbons (Fsp3) is 0.692. The van der Waals surface area contributed by atoms with Gasteiger partial charge in [-0.25, -0.2) is 0 Å². The molecule has 1 heterocycles. The number of likely N-dealkylation sites (N-methyl/N-ethyl adjacent to an activating group) is 1. The Morgan fingerprint density at radius 3 is 2.94 bits per heavy atom. The molecular weight excluding hydrogens is 282 g/mol. The Bertz CT molecular complexity index is 299. The summed E-state index contributed by atoms with van der Waals surface area (Å²) in [5, 5.41) is 4.43. The van der Waals surface area contributed by atoms with Gasteiger partial charge >= 0.3 is 0 Å². The van der Waals surface area contributed by atoms with E-state index in [1.807, 2.05) is 0 Å². The molecule has 2 atom stereocenters. The van der Waals surface area contributed by atoms with Crippen molar-refractivity contribution in [2.45, 2.75) is 43.0 Å². The summed E-state index contributed by atoms with van der Waals surface area (Å²) in [6.45, 7) is 1.18. The Hall–Kier alpha value is 0.140. The van der Waals surface area contributed by atoms with E-state index in [1.165, 1.54) is 44.2 Å². The van der Waals surface area contributed by atoms with E-state index in [0.29, 0.717) is 4.83 Å². The number of alkyl halides is 1. The lowest BCUT2D eigenvalue weighted by Crippen LogP contribution is -2.41. The molecule has 90 valence electrons. The minimum atomic E-state index is 0.703. The van der Waals surface area contributed by atoms with Crippen molar-refractivity contribution in [1.29, 1.82) is 0 Å². The van der Waals surface area contributed by atoms with Gasteiger partial charge in [0.1, 0.15) is 0 Å². The van der Waals surface area contributed by atoms with Crippen molar-refractivity contribution in [2.75, 3.05) is 13.6 Å². The quantitative estimate of drug-likeness (QED) is 0.762. The van der Waals surface area contributed by atoms with Crippen molar-refractivity contribution in [2.24, 2.45) is 0 Å². The zero-order valence-corrected chi connectivity index (χ0v) is 12.3. The van der Waals surface area contributed by atoms with Gasteiger partial charge in [-0.1, -0.05) is 28.8 Å². The number of halogens is 1. The second-order valence-electron chi connectivity index (χ2n) is 4.73. The Morgan fingerprint density at radius 2 is 2.25 bits per heavy atom. The van der Waals surface area contributed by atoms with E-state index < -0.39 is 0 Å². The average Bonchev–Trinajstić information content (AvgIpc) is 2.79. The van der Waals surface area contributed by atoms with E-state index in [2.05, 4.69) is 44.7 Å². The second-order valence-corrected chi connectivity index (χ2v) is 6.69. The van der Waals surface area contributed by atoms with Crippen molar-refractivity contribution in [3.8, 4) is 0 Å². The summed E-state index contributed by atoms with van der Waals surface area (Å²) in [5.74, 6) is 0. The highest BCUT2D eigenvalue weighted by Crippen LogP contribution is 2.27. The normalized spacial score (nSPS) is 26.2. The van der Waals surface area contributed by atoms with Crippen LogP contribution in [0.4, 0.5) is 0 Å². The fourth-order valence-corrected chi connectivity index (χ4v) is 4.16. The number of hydrogen-bond acceptors (Lipinski definition) is 2. The van der Waals surface area contributed by atoms with E-state index in [0.717, 1.165) is 6.04 Å². The lowest BCUT2D eigenvalue weighted by molar-refractivity contribution is 0.202. The molecule has 1 nitrogen and oxygen atoms in total. The van der Waals surface area contributed by atoms with Gasteiger partial charge in [0.15, 0.2) is 0 Å². The molecule has 0 radical (unpaired) electrons. The second kappa shape index (κ2) is 6.18. The first kappa shape index (κ1) is 12.6. The van der Waals surface area contributed by atoms with E-state index in [9.17, 15) is 0 Å². The van der Waals surface area contributed by atoms with E-state index in [1.54, 1.807) is 11.3 Å². The van der Waals surface area contributed by atoms with Crippen LogP contribution in [0.3, 0.4) is 0 Å². The summed E-state index contributed by atoms with van der Waals surface area (Å²) in [5.41, 5.74) is 1.48. The van der Waals surface area contributed by atoms with Gasteiger partial charge in [-0.05, 0) is 48.7 Å². The van der Waals surface area contributed by atoms with Gasteiger partial charge in [0, 0.05) is 17.4 Å². The molecule has 3 heteroatoms. The maximum atomic E-state index is 3.83. The Balaban J connectivity index is 1.80. The molecule has 1 saturated carbocycles. The lowest BCUT2D eigenvalue weighted by Gasteiger charge is -2.35. The van der Waals surface area contributed by atoms with Gasteiger partial charge < -0.3 is 4.90 Å². The zero-order chi connectivity index (χ0) is 11.4. The highest BCUT2D eigenvalue weighted by atomic mass is 79.9. The Morgan fingerprint density at radius 1 is 1.44 bits per heavy atom. The monoisotopic (exact) mass is 301 g/mol. The molecule has 0 amide bonds. The van der Waals surface area contributed by atoms with Crippen LogP contribution in [0.2, 0.25) is 0 Å². The molecule has 0 aromatic carbocycles. The average molecular weight is 302 g/mol. The first-order valence-electron chi connectivity index (χ1n) is 6.13. The molecule has 1 aliphatic carbocycles. The molecule has 0 spiro atoms. The molecule has 0 bridgehead atoms. The number of hydrogen-bond donors (Lipinski definition) is 0. The first-order valence-corrected chi connectivity index (χ1v) is 7.98. The van der Waals surface area contributed by atoms with Gasteiger partial charge in [0.05, 0.1) is 0 Å². The van der Waals surface area contributed by atoms with Crippen LogP contribution in [0.15, 0.2) is 16.8 Å². The molecule has 0 aliphatic heterocycles. The van der Waals surface area contributed by atoms with Crippen LogP contribution in [0.25, 0.3) is 0 Å². The number of rotatable bonds is 4. The minimum Gasteiger partial charge on any atom is -0.302 e. The SMILES string of the molecule is CN(CCc1ccsc1)C1CCCCC1Br. The van der Waals surface area contributed by atoms with Crippen LogP contribution >= 0.6 is 27.3 Å². The molecule has 1 aliphatic rings. The third kappa shape index (κ3) is 3.31. The van der Waals surface area contributed by atoms with Crippen LogP contribution in [-0.2, 0) is 6.42 Å². The largest absolute Gasteiger partial charge is 0.302 e. The predicted molar refractivity (Wildman–Crippen MR) is 75.6 cm³/mol. The Kier molecular flexibility index (Phi) is 4.86. The van der Waals surface area contributed by atoms with Crippen LogP contribution < -0.4 is 0 Å². The molecule has 0 saturated heterocycles. The Labute approximate surface area is 111 Å². The molecule has 16 heavy (non-hydrogen) atoms. The number of thiophene rings is 1. The van der Waals surface area contributed by atoms with Crippen molar-refractivity contribution < 1.29 is 0 Å². The fourth-order valence-electron chi connectivity index (χ4n) is 2.47. The topological polar surface area (TPSA) is 3.24 Å². The van der Waals surface area contributed by atoms with E-state index >= 15 is 0 Å². The van der Waals surface area contributed by atoms with Crippen molar-refractivity contribution in [3.63, 3.8) is 0 Å². The molecule has 2 unspecified atom stereocenters. The lowest BCUT2D eigenvalue weighted by atomic mass is 9.94. The van der Waals surface area contributed by atoms with Crippen molar-refractivity contribution in [3.05, 3.63) is 22.4 Å². The molecule has 2 rings (SSSR count). The smallest absolute Gasteiger partial charge is 0.0301 e. The zero-order valence-electron chi connectivity index (χ0n) is 9.86. The molecule has 1 aromatic heterocycles. The van der Waals surface area contributed by atoms with Crippen LogP contribution in [0.5, 0.6) is 0 Å². The third-order valence-corrected chi connectivity index (χ3v) is 5.35. The predicted octanol–water partition coefficient (Wildman–Crippen LogP) is 3.93. The standard InChI is InChI=1S/C13H20BrNS/c1-15(8-6-11-7-9-16-10-11)13-5-3-2-4-12(13)14/h7,9-10,12-13H,2-6,8H2,1H3.